The molecule has 3 rings (SSSR count). The largest absolute Gasteiger partial charge is 0.395 e. The Morgan fingerprint density at radius 3 is 2.19 bits per heavy atom. The molecule has 0 atom stereocenters. The summed E-state index contributed by atoms with van der Waals surface area (Å²) in [5.41, 5.74) is 3.13. The smallest absolute Gasteiger partial charge is 0.181 e. The van der Waals surface area contributed by atoms with E-state index in [0.717, 1.165) is 16.8 Å². The molecule has 0 radical (unpaired) electrons. The van der Waals surface area contributed by atoms with Gasteiger partial charge in [-0.1, -0.05) is 42.5 Å². The molecule has 134 valence electrons. The Balaban J connectivity index is 1.79. The molecule has 0 amide bonds. The summed E-state index contributed by atoms with van der Waals surface area (Å²) in [7, 11) is 0. The van der Waals surface area contributed by atoms with Gasteiger partial charge in [-0.25, -0.2) is 0 Å². The molecule has 7 heteroatoms. The third-order valence-corrected chi connectivity index (χ3v) is 3.92. The monoisotopic (exact) mass is 351 g/mol. The summed E-state index contributed by atoms with van der Waals surface area (Å²) in [6, 6.07) is 18.1. The van der Waals surface area contributed by atoms with Gasteiger partial charge < -0.3 is 15.1 Å². The molecule has 0 unspecified atom stereocenters. The van der Waals surface area contributed by atoms with Gasteiger partial charge in [0, 0.05) is 25.4 Å². The Kier molecular flexibility index (Phi) is 6.08. The number of rotatable bonds is 8. The third kappa shape index (κ3) is 4.33. The van der Waals surface area contributed by atoms with Crippen molar-refractivity contribution in [2.24, 2.45) is 0 Å². The Labute approximate surface area is 151 Å². The van der Waals surface area contributed by atoms with E-state index in [1.807, 2.05) is 42.5 Å². The first-order valence-electron chi connectivity index (χ1n) is 8.40. The summed E-state index contributed by atoms with van der Waals surface area (Å²) in [6.07, 6.45) is 3.53. The Morgan fingerprint density at radius 2 is 1.54 bits per heavy atom. The van der Waals surface area contributed by atoms with E-state index in [1.54, 1.807) is 21.9 Å². The highest BCUT2D eigenvalue weighted by atomic mass is 16.3. The van der Waals surface area contributed by atoms with Crippen LogP contribution in [0.3, 0.4) is 0 Å². The highest BCUT2D eigenvalue weighted by molar-refractivity contribution is 5.64. The Bertz CT molecular complexity index is 825. The number of hydrogen-bond acceptors (Lipinski definition) is 6. The van der Waals surface area contributed by atoms with E-state index in [1.165, 1.54) is 0 Å². The maximum Gasteiger partial charge on any atom is 0.181 e. The quantitative estimate of drug-likeness (QED) is 0.641. The van der Waals surface area contributed by atoms with Crippen LogP contribution in [0.4, 0.5) is 0 Å². The molecule has 3 aromatic rings. The number of aromatic nitrogens is 4. The highest BCUT2D eigenvalue weighted by Gasteiger charge is 2.07. The third-order valence-electron chi connectivity index (χ3n) is 3.92. The molecule has 0 saturated carbocycles. The van der Waals surface area contributed by atoms with Crippen LogP contribution >= 0.6 is 0 Å². The second kappa shape index (κ2) is 8.89. The summed E-state index contributed by atoms with van der Waals surface area (Å²) in [6.45, 7) is 0.890. The number of aliphatic hydroxyl groups excluding tert-OH is 2. The topological polar surface area (TPSA) is 87.3 Å². The fourth-order valence-electron chi connectivity index (χ4n) is 2.60. The number of nitrogens with zero attached hydrogens (tertiary/aromatic N) is 5. The molecule has 0 aliphatic heterocycles. The van der Waals surface area contributed by atoms with Crippen LogP contribution in [0, 0.1) is 0 Å². The van der Waals surface area contributed by atoms with Gasteiger partial charge in [-0.3, -0.25) is 0 Å². The molecule has 0 aliphatic carbocycles. The Hall–Kier alpha value is -3.03. The van der Waals surface area contributed by atoms with Crippen molar-refractivity contribution in [3.63, 3.8) is 0 Å². The first-order chi connectivity index (χ1) is 12.8. The lowest BCUT2D eigenvalue weighted by molar-refractivity contribution is 0.199. The molecule has 1 aromatic heterocycles. The minimum absolute atomic E-state index is 0.0101. The van der Waals surface area contributed by atoms with Crippen LogP contribution in [0.5, 0.6) is 0 Å². The SMILES string of the molecule is OCCN(C=Cc1nnnn1-c1ccc(-c2ccccc2)cc1)CCO. The molecular weight excluding hydrogens is 330 g/mol. The van der Waals surface area contributed by atoms with Crippen molar-refractivity contribution < 1.29 is 10.2 Å². The molecule has 2 N–H and O–H groups in total. The summed E-state index contributed by atoms with van der Waals surface area (Å²) >= 11 is 0. The van der Waals surface area contributed by atoms with Crippen molar-refractivity contribution in [3.05, 3.63) is 66.6 Å². The van der Waals surface area contributed by atoms with Crippen LogP contribution in [0.25, 0.3) is 22.9 Å². The van der Waals surface area contributed by atoms with E-state index in [2.05, 4.69) is 27.7 Å². The number of tetrazole rings is 1. The maximum atomic E-state index is 9.07. The zero-order valence-electron chi connectivity index (χ0n) is 14.3. The molecule has 0 fully saturated rings. The number of hydrogen-bond donors (Lipinski definition) is 2. The van der Waals surface area contributed by atoms with Crippen molar-refractivity contribution in [1.82, 2.24) is 25.1 Å². The van der Waals surface area contributed by atoms with Gasteiger partial charge in [0.05, 0.1) is 18.9 Å². The van der Waals surface area contributed by atoms with Gasteiger partial charge in [0.1, 0.15) is 0 Å². The van der Waals surface area contributed by atoms with Gasteiger partial charge in [0.15, 0.2) is 5.82 Å². The van der Waals surface area contributed by atoms with Crippen molar-refractivity contribution in [1.29, 1.82) is 0 Å². The van der Waals surface area contributed by atoms with Gasteiger partial charge in [0.25, 0.3) is 0 Å². The fourth-order valence-corrected chi connectivity index (χ4v) is 2.60. The van der Waals surface area contributed by atoms with E-state index in [4.69, 9.17) is 10.2 Å². The van der Waals surface area contributed by atoms with Gasteiger partial charge in [-0.05, 0) is 33.7 Å². The van der Waals surface area contributed by atoms with E-state index < -0.39 is 0 Å². The van der Waals surface area contributed by atoms with Gasteiger partial charge in [0.2, 0.25) is 0 Å². The number of benzene rings is 2. The first kappa shape index (κ1) is 17.8. The molecule has 0 aliphatic rings. The van der Waals surface area contributed by atoms with Crippen LogP contribution in [-0.4, -0.2) is 61.6 Å². The lowest BCUT2D eigenvalue weighted by Gasteiger charge is -2.17. The summed E-state index contributed by atoms with van der Waals surface area (Å²) in [5.74, 6) is 0.568. The van der Waals surface area contributed by atoms with E-state index >= 15 is 0 Å². The second-order valence-electron chi connectivity index (χ2n) is 5.66. The van der Waals surface area contributed by atoms with Crippen molar-refractivity contribution >= 4 is 6.08 Å². The van der Waals surface area contributed by atoms with E-state index in [0.29, 0.717) is 18.9 Å². The van der Waals surface area contributed by atoms with Crippen LogP contribution < -0.4 is 0 Å². The van der Waals surface area contributed by atoms with Gasteiger partial charge in [-0.15, -0.1) is 5.10 Å². The highest BCUT2D eigenvalue weighted by Crippen LogP contribution is 2.20. The van der Waals surface area contributed by atoms with Crippen LogP contribution in [0.2, 0.25) is 0 Å². The van der Waals surface area contributed by atoms with Crippen molar-refractivity contribution in [3.8, 4) is 16.8 Å². The fraction of sp³-hybridized carbons (Fsp3) is 0.211. The van der Waals surface area contributed by atoms with Gasteiger partial charge in [-0.2, -0.15) is 4.68 Å². The second-order valence-corrected chi connectivity index (χ2v) is 5.66. The predicted molar refractivity (Wildman–Crippen MR) is 99.4 cm³/mol. The number of aliphatic hydroxyl groups is 2. The summed E-state index contributed by atoms with van der Waals surface area (Å²) < 4.78 is 1.64. The molecule has 1 heterocycles. The minimum atomic E-state index is 0.0101. The molecule has 0 saturated heterocycles. The Morgan fingerprint density at radius 1 is 0.885 bits per heavy atom. The predicted octanol–water partition coefficient (Wildman–Crippen LogP) is 1.59. The molecule has 26 heavy (non-hydrogen) atoms. The molecule has 0 spiro atoms. The standard InChI is InChI=1S/C19H21N5O2/c25-14-12-23(13-15-26)11-10-19-20-21-22-24(19)18-8-6-17(7-9-18)16-4-2-1-3-5-16/h1-11,25-26H,12-15H2. The molecule has 7 nitrogen and oxygen atoms in total. The first-order valence-corrected chi connectivity index (χ1v) is 8.40. The molecule has 2 aromatic carbocycles. The van der Waals surface area contributed by atoms with Crippen molar-refractivity contribution in [2.75, 3.05) is 26.3 Å². The lowest BCUT2D eigenvalue weighted by atomic mass is 10.1. The van der Waals surface area contributed by atoms with E-state index in [-0.39, 0.29) is 13.2 Å². The normalized spacial score (nSPS) is 11.2. The summed E-state index contributed by atoms with van der Waals surface area (Å²) in [5, 5.41) is 30.0. The lowest BCUT2D eigenvalue weighted by Crippen LogP contribution is -2.24. The zero-order chi connectivity index (χ0) is 18.2. The van der Waals surface area contributed by atoms with Crippen LogP contribution in [0.15, 0.2) is 60.8 Å². The molecular formula is C19H21N5O2. The maximum absolute atomic E-state index is 9.07. The van der Waals surface area contributed by atoms with Gasteiger partial charge >= 0.3 is 0 Å². The van der Waals surface area contributed by atoms with E-state index in [9.17, 15) is 0 Å². The molecule has 0 bridgehead atoms. The average molecular weight is 351 g/mol. The van der Waals surface area contributed by atoms with Crippen LogP contribution in [0.1, 0.15) is 5.82 Å². The summed E-state index contributed by atoms with van der Waals surface area (Å²) in [4.78, 5) is 1.80. The van der Waals surface area contributed by atoms with Crippen LogP contribution in [-0.2, 0) is 0 Å². The average Bonchev–Trinajstić information content (AvgIpc) is 3.16. The minimum Gasteiger partial charge on any atom is -0.395 e. The van der Waals surface area contributed by atoms with Crippen molar-refractivity contribution in [2.45, 2.75) is 0 Å². The zero-order valence-corrected chi connectivity index (χ0v) is 14.3.